The number of carbonyl (C=O) groups is 1. The summed E-state index contributed by atoms with van der Waals surface area (Å²) in [6.45, 7) is 2.88. The molecule has 2 aliphatic rings. The van der Waals surface area contributed by atoms with E-state index in [2.05, 4.69) is 20.6 Å². The van der Waals surface area contributed by atoms with Gasteiger partial charge in [-0.15, -0.1) is 0 Å². The zero-order valence-electron chi connectivity index (χ0n) is 17.3. The lowest BCUT2D eigenvalue weighted by atomic mass is 9.90. The largest absolute Gasteiger partial charge is 0.463 e. The van der Waals surface area contributed by atoms with Gasteiger partial charge in [-0.25, -0.2) is 9.97 Å². The van der Waals surface area contributed by atoms with E-state index in [0.29, 0.717) is 30.6 Å². The number of aliphatic hydroxyl groups excluding tert-OH is 1. The Morgan fingerprint density at radius 1 is 1.29 bits per heavy atom. The predicted octanol–water partition coefficient (Wildman–Crippen LogP) is 2.92. The zero-order valence-corrected chi connectivity index (χ0v) is 17.3. The molecule has 9 nitrogen and oxygen atoms in total. The zero-order chi connectivity index (χ0) is 21.8. The molecule has 2 aromatic rings. The molecule has 1 aliphatic heterocycles. The molecule has 1 saturated carbocycles. The van der Waals surface area contributed by atoms with Crippen molar-refractivity contribution in [2.75, 3.05) is 18.5 Å². The standard InChI is InChI=1S/C22H25N5O4/c1-13(28)31-20-16(14-7-9-30-10-8-14)3-2-4-17(20)27-21-19(22(29)25-12-23)26-18(11-24-21)15-5-6-15/h2-4,11,13-15,28H,5-10H2,1H3,(H,24,27)(H,25,29)/t13-/m0/s1. The molecule has 1 atom stereocenters. The van der Waals surface area contributed by atoms with Crippen LogP contribution in [0, 0.1) is 11.5 Å². The Hall–Kier alpha value is -3.22. The van der Waals surface area contributed by atoms with E-state index >= 15 is 0 Å². The van der Waals surface area contributed by atoms with Gasteiger partial charge < -0.3 is 19.9 Å². The van der Waals surface area contributed by atoms with Gasteiger partial charge in [-0.3, -0.25) is 10.1 Å². The smallest absolute Gasteiger partial charge is 0.286 e. The van der Waals surface area contributed by atoms with Gasteiger partial charge in [0.05, 0.1) is 17.6 Å². The molecular formula is C22H25N5O4. The van der Waals surface area contributed by atoms with Gasteiger partial charge in [-0.2, -0.15) is 5.26 Å². The summed E-state index contributed by atoms with van der Waals surface area (Å²) < 4.78 is 11.2. The summed E-state index contributed by atoms with van der Waals surface area (Å²) in [4.78, 5) is 21.3. The van der Waals surface area contributed by atoms with Gasteiger partial charge in [0.1, 0.15) is 5.75 Å². The van der Waals surface area contributed by atoms with Crippen molar-refractivity contribution in [3.05, 3.63) is 41.3 Å². The lowest BCUT2D eigenvalue weighted by Gasteiger charge is -2.26. The second kappa shape index (κ2) is 9.29. The van der Waals surface area contributed by atoms with Crippen LogP contribution in [0.15, 0.2) is 24.4 Å². The van der Waals surface area contributed by atoms with Gasteiger partial charge >= 0.3 is 0 Å². The second-order valence-electron chi connectivity index (χ2n) is 7.79. The fourth-order valence-corrected chi connectivity index (χ4v) is 3.75. The highest BCUT2D eigenvalue weighted by Crippen LogP contribution is 2.41. The average molecular weight is 423 g/mol. The lowest BCUT2D eigenvalue weighted by Crippen LogP contribution is -2.22. The van der Waals surface area contributed by atoms with Gasteiger partial charge in [-0.05, 0) is 50.2 Å². The van der Waals surface area contributed by atoms with Crippen LogP contribution < -0.4 is 15.4 Å². The van der Waals surface area contributed by atoms with Crippen LogP contribution in [0.3, 0.4) is 0 Å². The molecule has 1 amide bonds. The van der Waals surface area contributed by atoms with Crippen molar-refractivity contribution in [1.82, 2.24) is 15.3 Å². The summed E-state index contributed by atoms with van der Waals surface area (Å²) in [6.07, 6.45) is 6.01. The third kappa shape index (κ3) is 4.93. The molecule has 162 valence electrons. The highest BCUT2D eigenvalue weighted by atomic mass is 16.6. The summed E-state index contributed by atoms with van der Waals surface area (Å²) in [6, 6.07) is 5.66. The molecule has 4 rings (SSSR count). The van der Waals surface area contributed by atoms with Crippen molar-refractivity contribution < 1.29 is 19.4 Å². The minimum atomic E-state index is -1.02. The Morgan fingerprint density at radius 2 is 2.06 bits per heavy atom. The number of carbonyl (C=O) groups excluding carboxylic acids is 1. The van der Waals surface area contributed by atoms with Crippen molar-refractivity contribution in [3.8, 4) is 11.9 Å². The van der Waals surface area contributed by atoms with Crippen LogP contribution in [-0.2, 0) is 4.74 Å². The SMILES string of the molecule is C[C@@H](O)Oc1c(Nc2ncc(C3CC3)nc2C(=O)NC#N)cccc1C1CCOCC1. The number of anilines is 2. The minimum Gasteiger partial charge on any atom is -0.463 e. The number of aromatic nitrogens is 2. The molecular weight excluding hydrogens is 398 g/mol. The first kappa shape index (κ1) is 21.0. The Balaban J connectivity index is 1.71. The third-order valence-electron chi connectivity index (χ3n) is 5.42. The number of para-hydroxylation sites is 1. The van der Waals surface area contributed by atoms with E-state index in [9.17, 15) is 9.90 Å². The fraction of sp³-hybridized carbons (Fsp3) is 0.455. The van der Waals surface area contributed by atoms with Crippen molar-refractivity contribution >= 4 is 17.4 Å². The first-order valence-corrected chi connectivity index (χ1v) is 10.5. The Labute approximate surface area is 180 Å². The van der Waals surface area contributed by atoms with E-state index in [4.69, 9.17) is 14.7 Å². The predicted molar refractivity (Wildman–Crippen MR) is 112 cm³/mol. The van der Waals surface area contributed by atoms with Crippen LogP contribution >= 0.6 is 0 Å². The summed E-state index contributed by atoms with van der Waals surface area (Å²) >= 11 is 0. The molecule has 2 heterocycles. The van der Waals surface area contributed by atoms with Gasteiger partial charge in [0.15, 0.2) is 24.0 Å². The number of nitrogens with zero attached hydrogens (tertiary/aromatic N) is 3. The second-order valence-corrected chi connectivity index (χ2v) is 7.79. The number of hydrogen-bond donors (Lipinski definition) is 3. The molecule has 0 bridgehead atoms. The molecule has 1 aromatic carbocycles. The van der Waals surface area contributed by atoms with Gasteiger partial charge in [0.25, 0.3) is 5.91 Å². The lowest BCUT2D eigenvalue weighted by molar-refractivity contribution is -0.00135. The number of rotatable bonds is 7. The number of benzene rings is 1. The molecule has 1 aromatic heterocycles. The summed E-state index contributed by atoms with van der Waals surface area (Å²) in [5.74, 6) is 0.634. The van der Waals surface area contributed by atoms with Crippen molar-refractivity contribution in [1.29, 1.82) is 5.26 Å². The highest BCUT2D eigenvalue weighted by molar-refractivity contribution is 5.98. The minimum absolute atomic E-state index is 0.0467. The number of aliphatic hydroxyl groups is 1. The number of nitriles is 1. The maximum Gasteiger partial charge on any atom is 0.286 e. The monoisotopic (exact) mass is 423 g/mol. The number of ether oxygens (including phenoxy) is 2. The quantitative estimate of drug-likeness (QED) is 0.352. The molecule has 0 radical (unpaired) electrons. The van der Waals surface area contributed by atoms with Crippen LogP contribution in [0.5, 0.6) is 5.75 Å². The summed E-state index contributed by atoms with van der Waals surface area (Å²) in [7, 11) is 0. The summed E-state index contributed by atoms with van der Waals surface area (Å²) in [5.41, 5.74) is 2.31. The fourth-order valence-electron chi connectivity index (χ4n) is 3.75. The maximum absolute atomic E-state index is 12.5. The van der Waals surface area contributed by atoms with E-state index in [1.165, 1.54) is 0 Å². The van der Waals surface area contributed by atoms with Crippen LogP contribution in [0.4, 0.5) is 11.5 Å². The van der Waals surface area contributed by atoms with E-state index in [0.717, 1.165) is 36.9 Å². The van der Waals surface area contributed by atoms with Crippen LogP contribution in [0.2, 0.25) is 0 Å². The topological polar surface area (TPSA) is 129 Å². The number of nitrogens with one attached hydrogen (secondary N) is 2. The van der Waals surface area contributed by atoms with Crippen LogP contribution in [0.25, 0.3) is 0 Å². The van der Waals surface area contributed by atoms with Crippen molar-refractivity contribution in [2.24, 2.45) is 0 Å². The van der Waals surface area contributed by atoms with E-state index in [1.54, 1.807) is 25.4 Å². The first-order chi connectivity index (χ1) is 15.1. The molecule has 3 N–H and O–H groups in total. The van der Waals surface area contributed by atoms with Gasteiger partial charge in [0, 0.05) is 19.1 Å². The molecule has 0 unspecified atom stereocenters. The van der Waals surface area contributed by atoms with E-state index in [1.807, 2.05) is 12.1 Å². The highest BCUT2D eigenvalue weighted by Gasteiger charge is 2.28. The number of hydrogen-bond acceptors (Lipinski definition) is 8. The maximum atomic E-state index is 12.5. The summed E-state index contributed by atoms with van der Waals surface area (Å²) in [5, 5.41) is 24.1. The van der Waals surface area contributed by atoms with Crippen LogP contribution in [-0.4, -0.2) is 40.5 Å². The Bertz CT molecular complexity index is 994. The molecule has 0 spiro atoms. The third-order valence-corrected chi connectivity index (χ3v) is 5.42. The first-order valence-electron chi connectivity index (χ1n) is 10.5. The molecule has 9 heteroatoms. The Kier molecular flexibility index (Phi) is 6.30. The van der Waals surface area contributed by atoms with E-state index in [-0.39, 0.29) is 17.4 Å². The van der Waals surface area contributed by atoms with Gasteiger partial charge in [0.2, 0.25) is 0 Å². The van der Waals surface area contributed by atoms with Crippen molar-refractivity contribution in [2.45, 2.75) is 50.7 Å². The van der Waals surface area contributed by atoms with E-state index < -0.39 is 12.2 Å². The van der Waals surface area contributed by atoms with Crippen molar-refractivity contribution in [3.63, 3.8) is 0 Å². The Morgan fingerprint density at radius 3 is 2.74 bits per heavy atom. The molecule has 2 fully saturated rings. The molecule has 1 aliphatic carbocycles. The average Bonchev–Trinajstić information content (AvgIpc) is 3.61. The molecule has 1 saturated heterocycles. The molecule has 31 heavy (non-hydrogen) atoms. The van der Waals surface area contributed by atoms with Crippen LogP contribution in [0.1, 0.15) is 66.2 Å². The van der Waals surface area contributed by atoms with Gasteiger partial charge in [-0.1, -0.05) is 12.1 Å². The normalized spacial score (nSPS) is 17.5. The number of amides is 1.